The van der Waals surface area contributed by atoms with Crippen molar-refractivity contribution in [1.29, 1.82) is 0 Å². The van der Waals surface area contributed by atoms with Crippen LogP contribution in [0.15, 0.2) is 24.3 Å². The second-order valence-electron chi connectivity index (χ2n) is 5.54. The fourth-order valence-electron chi connectivity index (χ4n) is 1.48. The molecule has 1 unspecified atom stereocenters. The summed E-state index contributed by atoms with van der Waals surface area (Å²) in [6.45, 7) is 8.42. The van der Waals surface area contributed by atoms with Gasteiger partial charge in [0.2, 0.25) is 0 Å². The summed E-state index contributed by atoms with van der Waals surface area (Å²) in [4.78, 5) is 0. The maximum atomic E-state index is 9.28. The van der Waals surface area contributed by atoms with Gasteiger partial charge in [-0.3, -0.25) is 0 Å². The van der Waals surface area contributed by atoms with Gasteiger partial charge >= 0.3 is 0 Å². The lowest BCUT2D eigenvalue weighted by atomic mass is 9.98. The molecule has 0 aliphatic rings. The van der Waals surface area contributed by atoms with Crippen LogP contribution in [0.25, 0.3) is 0 Å². The van der Waals surface area contributed by atoms with E-state index in [0.29, 0.717) is 13.0 Å². The van der Waals surface area contributed by atoms with E-state index in [9.17, 15) is 5.11 Å². The van der Waals surface area contributed by atoms with E-state index in [-0.39, 0.29) is 11.5 Å². The van der Waals surface area contributed by atoms with Crippen molar-refractivity contribution >= 4 is 0 Å². The molecular weight excluding hydrogens is 224 g/mol. The Morgan fingerprint density at radius 3 is 2.33 bits per heavy atom. The van der Waals surface area contributed by atoms with Crippen LogP contribution in [0.5, 0.6) is 5.75 Å². The number of hydrogen-bond donors (Lipinski definition) is 1. The molecule has 0 spiro atoms. The predicted molar refractivity (Wildman–Crippen MR) is 74.6 cm³/mol. The summed E-state index contributed by atoms with van der Waals surface area (Å²) < 4.78 is 5.53. The lowest BCUT2D eigenvalue weighted by molar-refractivity contribution is 0.195. The Morgan fingerprint density at radius 2 is 1.83 bits per heavy atom. The van der Waals surface area contributed by atoms with E-state index in [1.807, 2.05) is 24.3 Å². The van der Waals surface area contributed by atoms with Crippen LogP contribution in [0.4, 0.5) is 0 Å². The summed E-state index contributed by atoms with van der Waals surface area (Å²) in [5, 5.41) is 9.28. The van der Waals surface area contributed by atoms with Crippen LogP contribution in [0, 0.1) is 17.3 Å². The number of hydrogen-bond acceptors (Lipinski definition) is 2. The number of ether oxygens (including phenoxy) is 1. The van der Waals surface area contributed by atoms with Crippen LogP contribution in [0.1, 0.15) is 33.3 Å². The zero-order chi connectivity index (χ0) is 13.6. The maximum absolute atomic E-state index is 9.28. The Morgan fingerprint density at radius 1 is 1.22 bits per heavy atom. The Bertz CT molecular complexity index is 413. The third kappa shape index (κ3) is 6.32. The number of rotatable bonds is 4. The van der Waals surface area contributed by atoms with E-state index in [1.54, 1.807) is 6.92 Å². The predicted octanol–water partition coefficient (Wildman–Crippen LogP) is 3.04. The van der Waals surface area contributed by atoms with Gasteiger partial charge in [-0.1, -0.05) is 24.0 Å². The molecule has 0 aliphatic carbocycles. The van der Waals surface area contributed by atoms with Gasteiger partial charge in [0.05, 0.1) is 6.10 Å². The molecule has 0 aromatic heterocycles. The Labute approximate surface area is 110 Å². The van der Waals surface area contributed by atoms with Gasteiger partial charge in [-0.15, -0.1) is 0 Å². The minimum absolute atomic E-state index is 0.0183. The van der Waals surface area contributed by atoms with Crippen LogP contribution < -0.4 is 4.74 Å². The third-order valence-electron chi connectivity index (χ3n) is 2.23. The molecule has 0 bridgehead atoms. The minimum Gasteiger partial charge on any atom is -0.481 e. The van der Waals surface area contributed by atoms with E-state index < -0.39 is 0 Å². The molecule has 1 N–H and O–H groups in total. The van der Waals surface area contributed by atoms with E-state index in [0.717, 1.165) is 11.3 Å². The van der Waals surface area contributed by atoms with Crippen molar-refractivity contribution in [2.75, 3.05) is 6.61 Å². The normalized spacial score (nSPS) is 12.5. The van der Waals surface area contributed by atoms with Gasteiger partial charge in [0, 0.05) is 5.41 Å². The van der Waals surface area contributed by atoms with Crippen LogP contribution in [-0.4, -0.2) is 17.8 Å². The molecule has 0 saturated heterocycles. The fourth-order valence-corrected chi connectivity index (χ4v) is 1.48. The molecule has 0 radical (unpaired) electrons. The van der Waals surface area contributed by atoms with Crippen LogP contribution in [0.3, 0.4) is 0 Å². The summed E-state index contributed by atoms with van der Waals surface area (Å²) >= 11 is 0. The van der Waals surface area contributed by atoms with Gasteiger partial charge in [-0.25, -0.2) is 0 Å². The van der Waals surface area contributed by atoms with Crippen molar-refractivity contribution < 1.29 is 9.84 Å². The summed E-state index contributed by atoms with van der Waals surface area (Å²) in [6.07, 6.45) is 0.360. The fraction of sp³-hybridized carbons (Fsp3) is 0.500. The van der Waals surface area contributed by atoms with Crippen molar-refractivity contribution in [3.8, 4) is 17.6 Å². The molecule has 0 amide bonds. The smallest absolute Gasteiger partial charge is 0.149 e. The van der Waals surface area contributed by atoms with Crippen molar-refractivity contribution in [3.05, 3.63) is 29.8 Å². The summed E-state index contributed by atoms with van der Waals surface area (Å²) in [7, 11) is 0. The molecule has 18 heavy (non-hydrogen) atoms. The van der Waals surface area contributed by atoms with Crippen molar-refractivity contribution in [2.45, 2.75) is 40.2 Å². The quantitative estimate of drug-likeness (QED) is 0.827. The standard InChI is InChI=1S/C16H22O2/c1-13(17)12-14-6-8-15(9-7-14)18-11-5-10-16(2,3)4/h6-9,13,17H,11-12H2,1-4H3. The first-order chi connectivity index (χ1) is 8.37. The molecule has 2 heteroatoms. The van der Waals surface area contributed by atoms with Crippen molar-refractivity contribution in [2.24, 2.45) is 5.41 Å². The zero-order valence-electron chi connectivity index (χ0n) is 11.7. The molecule has 0 aliphatic heterocycles. The molecule has 1 aromatic carbocycles. The Balaban J connectivity index is 2.46. The lowest BCUT2D eigenvalue weighted by Crippen LogP contribution is -2.04. The van der Waals surface area contributed by atoms with Crippen molar-refractivity contribution in [1.82, 2.24) is 0 Å². The molecule has 2 nitrogen and oxygen atoms in total. The topological polar surface area (TPSA) is 29.5 Å². The molecule has 0 saturated carbocycles. The van der Waals surface area contributed by atoms with E-state index in [4.69, 9.17) is 4.74 Å². The number of aliphatic hydroxyl groups is 1. The van der Waals surface area contributed by atoms with E-state index in [2.05, 4.69) is 32.6 Å². The molecule has 1 aromatic rings. The van der Waals surface area contributed by atoms with Gasteiger partial charge in [-0.05, 0) is 51.8 Å². The summed E-state index contributed by atoms with van der Waals surface area (Å²) in [6, 6.07) is 7.77. The average Bonchev–Trinajstić information content (AvgIpc) is 2.24. The highest BCUT2D eigenvalue weighted by Gasteiger charge is 2.03. The monoisotopic (exact) mass is 246 g/mol. The Kier molecular flexibility index (Phi) is 5.25. The van der Waals surface area contributed by atoms with E-state index in [1.165, 1.54) is 0 Å². The maximum Gasteiger partial charge on any atom is 0.149 e. The molecule has 0 fully saturated rings. The molecular formula is C16H22O2. The SMILES string of the molecule is CC(O)Cc1ccc(OCC#CC(C)(C)C)cc1. The third-order valence-corrected chi connectivity index (χ3v) is 2.23. The highest BCUT2D eigenvalue weighted by atomic mass is 16.5. The highest BCUT2D eigenvalue weighted by Crippen LogP contribution is 2.13. The van der Waals surface area contributed by atoms with Gasteiger partial charge < -0.3 is 9.84 Å². The van der Waals surface area contributed by atoms with Gasteiger partial charge in [-0.2, -0.15) is 0 Å². The average molecular weight is 246 g/mol. The van der Waals surface area contributed by atoms with Crippen molar-refractivity contribution in [3.63, 3.8) is 0 Å². The molecule has 0 heterocycles. The summed E-state index contributed by atoms with van der Waals surface area (Å²) in [5.74, 6) is 6.94. The zero-order valence-corrected chi connectivity index (χ0v) is 11.7. The largest absolute Gasteiger partial charge is 0.481 e. The first-order valence-electron chi connectivity index (χ1n) is 6.27. The van der Waals surface area contributed by atoms with Gasteiger partial charge in [0.15, 0.2) is 0 Å². The molecule has 98 valence electrons. The molecule has 1 rings (SSSR count). The van der Waals surface area contributed by atoms with Gasteiger partial charge in [0.1, 0.15) is 12.4 Å². The molecule has 1 atom stereocenters. The number of aliphatic hydroxyl groups excluding tert-OH is 1. The summed E-state index contributed by atoms with van der Waals surface area (Å²) in [5.41, 5.74) is 1.13. The van der Waals surface area contributed by atoms with Crippen LogP contribution >= 0.6 is 0 Å². The number of benzene rings is 1. The second kappa shape index (κ2) is 6.47. The first-order valence-corrected chi connectivity index (χ1v) is 6.27. The Hall–Kier alpha value is -1.46. The first kappa shape index (κ1) is 14.6. The van der Waals surface area contributed by atoms with Crippen LogP contribution in [0.2, 0.25) is 0 Å². The van der Waals surface area contributed by atoms with Crippen LogP contribution in [-0.2, 0) is 6.42 Å². The van der Waals surface area contributed by atoms with Gasteiger partial charge in [0.25, 0.3) is 0 Å². The highest BCUT2D eigenvalue weighted by molar-refractivity contribution is 5.28. The lowest BCUT2D eigenvalue weighted by Gasteiger charge is -2.08. The second-order valence-corrected chi connectivity index (χ2v) is 5.54. The minimum atomic E-state index is -0.311. The van der Waals surface area contributed by atoms with E-state index >= 15 is 0 Å².